The van der Waals surface area contributed by atoms with Crippen molar-refractivity contribution in [2.75, 3.05) is 5.75 Å². The summed E-state index contributed by atoms with van der Waals surface area (Å²) < 4.78 is 0. The molecule has 0 spiro atoms. The number of rotatable bonds is 5. The SMILES string of the molecule is CCc1ccc(C(O)C(O)CSC(C)=O)cc1. The molecule has 0 radical (unpaired) electrons. The highest BCUT2D eigenvalue weighted by Gasteiger charge is 2.18. The maximum absolute atomic E-state index is 10.8. The summed E-state index contributed by atoms with van der Waals surface area (Å²) in [5, 5.41) is 19.6. The Morgan fingerprint density at radius 1 is 1.29 bits per heavy atom. The lowest BCUT2D eigenvalue weighted by molar-refractivity contribution is -0.109. The summed E-state index contributed by atoms with van der Waals surface area (Å²) in [5.41, 5.74) is 1.87. The summed E-state index contributed by atoms with van der Waals surface area (Å²) in [6.45, 7) is 3.50. The minimum absolute atomic E-state index is 0.0578. The molecule has 4 heteroatoms. The van der Waals surface area contributed by atoms with Crippen LogP contribution in [0, 0.1) is 0 Å². The number of thioether (sulfide) groups is 1. The standard InChI is InChI=1S/C13H18O3S/c1-3-10-4-6-11(7-5-10)13(16)12(15)8-17-9(2)14/h4-7,12-13,15-16H,3,8H2,1-2H3. The smallest absolute Gasteiger partial charge is 0.185 e. The van der Waals surface area contributed by atoms with E-state index in [1.54, 1.807) is 0 Å². The monoisotopic (exact) mass is 254 g/mol. The third-order valence-corrected chi connectivity index (χ3v) is 3.47. The molecule has 1 aromatic carbocycles. The Hall–Kier alpha value is -0.840. The Kier molecular flexibility index (Phi) is 5.68. The van der Waals surface area contributed by atoms with Gasteiger partial charge in [-0.05, 0) is 17.5 Å². The second-order valence-electron chi connectivity index (χ2n) is 3.91. The highest BCUT2D eigenvalue weighted by atomic mass is 32.2. The van der Waals surface area contributed by atoms with Gasteiger partial charge in [-0.1, -0.05) is 43.0 Å². The third-order valence-electron chi connectivity index (χ3n) is 2.55. The Bertz CT molecular complexity index is 361. The summed E-state index contributed by atoms with van der Waals surface area (Å²) >= 11 is 1.02. The molecule has 1 aromatic rings. The van der Waals surface area contributed by atoms with E-state index >= 15 is 0 Å². The van der Waals surface area contributed by atoms with Gasteiger partial charge in [0.05, 0.1) is 6.10 Å². The lowest BCUT2D eigenvalue weighted by Gasteiger charge is -2.17. The van der Waals surface area contributed by atoms with Crippen LogP contribution in [0.2, 0.25) is 0 Å². The number of aliphatic hydroxyl groups is 2. The van der Waals surface area contributed by atoms with Gasteiger partial charge in [-0.15, -0.1) is 0 Å². The highest BCUT2D eigenvalue weighted by Crippen LogP contribution is 2.20. The molecule has 0 heterocycles. The zero-order valence-electron chi connectivity index (χ0n) is 10.1. The van der Waals surface area contributed by atoms with Crippen LogP contribution in [-0.4, -0.2) is 27.2 Å². The van der Waals surface area contributed by atoms with E-state index in [4.69, 9.17) is 0 Å². The van der Waals surface area contributed by atoms with Gasteiger partial charge < -0.3 is 10.2 Å². The second kappa shape index (κ2) is 6.79. The van der Waals surface area contributed by atoms with Gasteiger partial charge in [0.15, 0.2) is 5.12 Å². The molecule has 0 bridgehead atoms. The molecule has 0 saturated heterocycles. The van der Waals surface area contributed by atoms with E-state index in [-0.39, 0.29) is 10.9 Å². The molecule has 0 saturated carbocycles. The number of hydrogen-bond acceptors (Lipinski definition) is 4. The van der Waals surface area contributed by atoms with Crippen molar-refractivity contribution < 1.29 is 15.0 Å². The van der Waals surface area contributed by atoms with Crippen LogP contribution in [0.3, 0.4) is 0 Å². The largest absolute Gasteiger partial charge is 0.389 e. The Balaban J connectivity index is 2.60. The molecule has 0 amide bonds. The highest BCUT2D eigenvalue weighted by molar-refractivity contribution is 8.13. The number of aliphatic hydroxyl groups excluding tert-OH is 2. The lowest BCUT2D eigenvalue weighted by atomic mass is 10.0. The average Bonchev–Trinajstić information content (AvgIpc) is 2.35. The van der Waals surface area contributed by atoms with Gasteiger partial charge in [0, 0.05) is 12.7 Å². The normalized spacial score (nSPS) is 14.4. The van der Waals surface area contributed by atoms with E-state index in [1.165, 1.54) is 12.5 Å². The molecule has 2 N–H and O–H groups in total. The lowest BCUT2D eigenvalue weighted by Crippen LogP contribution is -2.21. The van der Waals surface area contributed by atoms with Crippen LogP contribution >= 0.6 is 11.8 Å². The van der Waals surface area contributed by atoms with Crippen molar-refractivity contribution in [3.05, 3.63) is 35.4 Å². The first-order valence-electron chi connectivity index (χ1n) is 5.63. The number of aryl methyl sites for hydroxylation is 1. The number of carbonyl (C=O) groups excluding carboxylic acids is 1. The predicted molar refractivity (Wildman–Crippen MR) is 69.9 cm³/mol. The molecule has 0 aliphatic carbocycles. The topological polar surface area (TPSA) is 57.5 Å². The summed E-state index contributed by atoms with van der Waals surface area (Å²) in [4.78, 5) is 10.8. The minimum atomic E-state index is -0.937. The Morgan fingerprint density at radius 2 is 1.88 bits per heavy atom. The summed E-state index contributed by atoms with van der Waals surface area (Å²) in [5.74, 6) is 0.214. The van der Waals surface area contributed by atoms with Gasteiger partial charge in [0.25, 0.3) is 0 Å². The third kappa shape index (κ3) is 4.50. The molecule has 1 rings (SSSR count). The van der Waals surface area contributed by atoms with Crippen LogP contribution in [0.1, 0.15) is 31.1 Å². The molecule has 2 unspecified atom stereocenters. The molecular weight excluding hydrogens is 236 g/mol. The van der Waals surface area contributed by atoms with E-state index in [0.29, 0.717) is 5.56 Å². The quantitative estimate of drug-likeness (QED) is 0.843. The molecule has 3 nitrogen and oxygen atoms in total. The van der Waals surface area contributed by atoms with E-state index in [9.17, 15) is 15.0 Å². The maximum atomic E-state index is 10.8. The van der Waals surface area contributed by atoms with Crippen molar-refractivity contribution in [2.45, 2.75) is 32.5 Å². The van der Waals surface area contributed by atoms with Crippen molar-refractivity contribution in [3.8, 4) is 0 Å². The molecular formula is C13H18O3S. The first kappa shape index (κ1) is 14.2. The van der Waals surface area contributed by atoms with Gasteiger partial charge >= 0.3 is 0 Å². The van der Waals surface area contributed by atoms with Gasteiger partial charge in [-0.25, -0.2) is 0 Å². The van der Waals surface area contributed by atoms with Gasteiger partial charge in [0.2, 0.25) is 0 Å². The Labute approximate surface area is 106 Å². The van der Waals surface area contributed by atoms with Crippen LogP contribution < -0.4 is 0 Å². The van der Waals surface area contributed by atoms with Crippen LogP contribution in [0.15, 0.2) is 24.3 Å². The molecule has 0 aliphatic rings. The zero-order chi connectivity index (χ0) is 12.8. The molecule has 0 aromatic heterocycles. The van der Waals surface area contributed by atoms with Crippen LogP contribution in [-0.2, 0) is 11.2 Å². The number of hydrogen-bond donors (Lipinski definition) is 2. The van der Waals surface area contributed by atoms with Crippen molar-refractivity contribution in [3.63, 3.8) is 0 Å². The van der Waals surface area contributed by atoms with Crippen molar-refractivity contribution in [2.24, 2.45) is 0 Å². The Morgan fingerprint density at radius 3 is 2.35 bits per heavy atom. The zero-order valence-corrected chi connectivity index (χ0v) is 10.9. The average molecular weight is 254 g/mol. The first-order valence-corrected chi connectivity index (χ1v) is 6.61. The summed E-state index contributed by atoms with van der Waals surface area (Å²) in [7, 11) is 0. The van der Waals surface area contributed by atoms with Crippen LogP contribution in [0.4, 0.5) is 0 Å². The first-order chi connectivity index (χ1) is 8.04. The maximum Gasteiger partial charge on any atom is 0.185 e. The van der Waals surface area contributed by atoms with Gasteiger partial charge in [0.1, 0.15) is 6.10 Å². The molecule has 0 fully saturated rings. The number of carbonyl (C=O) groups is 1. The fraction of sp³-hybridized carbons (Fsp3) is 0.462. The molecule has 2 atom stereocenters. The fourth-order valence-electron chi connectivity index (χ4n) is 1.47. The van der Waals surface area contributed by atoms with E-state index in [2.05, 4.69) is 6.92 Å². The second-order valence-corrected chi connectivity index (χ2v) is 5.11. The van der Waals surface area contributed by atoms with Crippen molar-refractivity contribution in [1.82, 2.24) is 0 Å². The van der Waals surface area contributed by atoms with E-state index < -0.39 is 12.2 Å². The summed E-state index contributed by atoms with van der Waals surface area (Å²) in [6.07, 6.45) is -0.914. The van der Waals surface area contributed by atoms with Gasteiger partial charge in [-0.3, -0.25) is 4.79 Å². The minimum Gasteiger partial charge on any atom is -0.389 e. The molecule has 94 valence electrons. The van der Waals surface area contributed by atoms with E-state index in [1.807, 2.05) is 24.3 Å². The van der Waals surface area contributed by atoms with Crippen molar-refractivity contribution >= 4 is 16.9 Å². The number of benzene rings is 1. The van der Waals surface area contributed by atoms with E-state index in [0.717, 1.165) is 18.2 Å². The predicted octanol–water partition coefficient (Wildman–Crippen LogP) is 1.92. The summed E-state index contributed by atoms with van der Waals surface area (Å²) in [6, 6.07) is 7.49. The molecule has 17 heavy (non-hydrogen) atoms. The molecule has 0 aliphatic heterocycles. The van der Waals surface area contributed by atoms with Crippen molar-refractivity contribution in [1.29, 1.82) is 0 Å². The van der Waals surface area contributed by atoms with Crippen LogP contribution in [0.25, 0.3) is 0 Å². The van der Waals surface area contributed by atoms with Crippen LogP contribution in [0.5, 0.6) is 0 Å². The van der Waals surface area contributed by atoms with Gasteiger partial charge in [-0.2, -0.15) is 0 Å². The fourth-order valence-corrected chi connectivity index (χ4v) is 2.05.